The van der Waals surface area contributed by atoms with Crippen LogP contribution in [0.15, 0.2) is 30.3 Å². The van der Waals surface area contributed by atoms with Crippen molar-refractivity contribution in [1.29, 1.82) is 0 Å². The number of piperidine rings is 1. The van der Waals surface area contributed by atoms with Crippen LogP contribution in [0.4, 0.5) is 0 Å². The number of hydrazine groups is 1. The molecule has 1 fully saturated rings. The average molecular weight is 261 g/mol. The highest BCUT2D eigenvalue weighted by molar-refractivity contribution is 5.15. The number of nitrogens with two attached hydrogens (primary N) is 1. The molecule has 0 saturated carbocycles. The summed E-state index contributed by atoms with van der Waals surface area (Å²) in [6, 6.07) is 12.1. The zero-order chi connectivity index (χ0) is 13.7. The molecule has 0 radical (unpaired) electrons. The maximum Gasteiger partial charge on any atom is 0.0378 e. The number of hydrogen-bond donors (Lipinski definition) is 2. The summed E-state index contributed by atoms with van der Waals surface area (Å²) < 4.78 is 0. The van der Waals surface area contributed by atoms with Crippen LogP contribution in [0.2, 0.25) is 0 Å². The van der Waals surface area contributed by atoms with Crippen LogP contribution in [0.5, 0.6) is 0 Å². The molecule has 0 spiro atoms. The van der Waals surface area contributed by atoms with Crippen LogP contribution in [-0.4, -0.2) is 29.7 Å². The monoisotopic (exact) mass is 261 g/mol. The second-order valence-corrected chi connectivity index (χ2v) is 5.79. The van der Waals surface area contributed by atoms with Crippen molar-refractivity contribution in [3.8, 4) is 0 Å². The summed E-state index contributed by atoms with van der Waals surface area (Å²) in [5.74, 6) is 0. The molecule has 1 heterocycles. The smallest absolute Gasteiger partial charge is 0.0378 e. The van der Waals surface area contributed by atoms with E-state index in [0.717, 1.165) is 6.42 Å². The highest BCUT2D eigenvalue weighted by atomic mass is 15.5. The van der Waals surface area contributed by atoms with Gasteiger partial charge in [0, 0.05) is 24.7 Å². The summed E-state index contributed by atoms with van der Waals surface area (Å²) in [5.41, 5.74) is 11.0. The third-order valence-electron chi connectivity index (χ3n) is 4.13. The molecule has 2 rings (SSSR count). The third kappa shape index (κ3) is 4.03. The first-order valence-corrected chi connectivity index (χ1v) is 7.49. The molecule has 3 N–H and O–H groups in total. The van der Waals surface area contributed by atoms with Crippen molar-refractivity contribution in [2.75, 3.05) is 6.54 Å². The van der Waals surface area contributed by atoms with Crippen LogP contribution in [0, 0.1) is 0 Å². The van der Waals surface area contributed by atoms with E-state index >= 15 is 0 Å². The predicted octanol–water partition coefficient (Wildman–Crippen LogP) is 2.32. The number of benzene rings is 1. The molecule has 19 heavy (non-hydrogen) atoms. The van der Waals surface area contributed by atoms with Gasteiger partial charge in [0.15, 0.2) is 0 Å². The van der Waals surface area contributed by atoms with Crippen molar-refractivity contribution in [3.63, 3.8) is 0 Å². The van der Waals surface area contributed by atoms with E-state index in [1.807, 2.05) is 0 Å². The van der Waals surface area contributed by atoms with Gasteiger partial charge in [-0.05, 0) is 38.7 Å². The van der Waals surface area contributed by atoms with Crippen LogP contribution in [-0.2, 0) is 6.42 Å². The predicted molar refractivity (Wildman–Crippen MR) is 80.7 cm³/mol. The molecule has 1 aromatic carbocycles. The number of nitrogens with one attached hydrogen (secondary N) is 1. The van der Waals surface area contributed by atoms with Crippen LogP contribution in [0.3, 0.4) is 0 Å². The van der Waals surface area contributed by atoms with Crippen molar-refractivity contribution in [2.45, 2.75) is 57.7 Å². The quantitative estimate of drug-likeness (QED) is 0.854. The highest BCUT2D eigenvalue weighted by Crippen LogP contribution is 2.20. The lowest BCUT2D eigenvalue weighted by molar-refractivity contribution is 0.0308. The first-order chi connectivity index (χ1) is 9.20. The largest absolute Gasteiger partial charge is 0.329 e. The minimum Gasteiger partial charge on any atom is -0.329 e. The summed E-state index contributed by atoms with van der Waals surface area (Å²) in [7, 11) is 0. The van der Waals surface area contributed by atoms with E-state index < -0.39 is 0 Å². The molecular weight excluding hydrogens is 234 g/mol. The van der Waals surface area contributed by atoms with Crippen LogP contribution < -0.4 is 11.2 Å². The number of rotatable bonds is 5. The second-order valence-electron chi connectivity index (χ2n) is 5.79. The molecular formula is C16H27N3. The first-order valence-electron chi connectivity index (χ1n) is 7.49. The van der Waals surface area contributed by atoms with E-state index in [4.69, 9.17) is 5.73 Å². The Morgan fingerprint density at radius 3 is 2.42 bits per heavy atom. The first kappa shape index (κ1) is 14.5. The van der Waals surface area contributed by atoms with Gasteiger partial charge in [-0.3, -0.25) is 5.43 Å². The zero-order valence-electron chi connectivity index (χ0n) is 12.2. The minimum absolute atomic E-state index is 0.324. The third-order valence-corrected chi connectivity index (χ3v) is 4.13. The standard InChI is InChI=1S/C16H27N3/c1-13-7-6-8-14(2)19(13)18-16(12-17)11-15-9-4-3-5-10-15/h3-5,9-10,13-14,16,18H,6-8,11-12,17H2,1-2H3. The van der Waals surface area contributed by atoms with Crippen molar-refractivity contribution in [2.24, 2.45) is 5.73 Å². The van der Waals surface area contributed by atoms with E-state index in [9.17, 15) is 0 Å². The Morgan fingerprint density at radius 2 is 1.84 bits per heavy atom. The Morgan fingerprint density at radius 1 is 1.21 bits per heavy atom. The van der Waals surface area contributed by atoms with E-state index in [2.05, 4.69) is 54.6 Å². The lowest BCUT2D eigenvalue weighted by Gasteiger charge is -2.41. The van der Waals surface area contributed by atoms with Gasteiger partial charge < -0.3 is 5.73 Å². The fourth-order valence-corrected chi connectivity index (χ4v) is 2.97. The van der Waals surface area contributed by atoms with Crippen molar-refractivity contribution >= 4 is 0 Å². The molecule has 1 aromatic rings. The van der Waals surface area contributed by atoms with Crippen LogP contribution in [0.25, 0.3) is 0 Å². The fraction of sp³-hybridized carbons (Fsp3) is 0.625. The van der Waals surface area contributed by atoms with E-state index in [1.54, 1.807) is 0 Å². The van der Waals surface area contributed by atoms with Gasteiger partial charge in [-0.2, -0.15) is 0 Å². The van der Waals surface area contributed by atoms with Gasteiger partial charge in [0.1, 0.15) is 0 Å². The normalized spacial score (nSPS) is 26.3. The lowest BCUT2D eigenvalue weighted by atomic mass is 9.99. The van der Waals surface area contributed by atoms with E-state index in [-0.39, 0.29) is 0 Å². The summed E-state index contributed by atoms with van der Waals surface area (Å²) in [4.78, 5) is 0. The summed E-state index contributed by atoms with van der Waals surface area (Å²) in [6.07, 6.45) is 4.89. The Labute approximate surface area is 117 Å². The van der Waals surface area contributed by atoms with Crippen molar-refractivity contribution in [3.05, 3.63) is 35.9 Å². The van der Waals surface area contributed by atoms with Gasteiger partial charge in [-0.1, -0.05) is 36.8 Å². The molecule has 0 bridgehead atoms. The van der Waals surface area contributed by atoms with Gasteiger partial charge in [0.2, 0.25) is 0 Å². The molecule has 3 unspecified atom stereocenters. The second kappa shape index (κ2) is 7.04. The van der Waals surface area contributed by atoms with Crippen molar-refractivity contribution in [1.82, 2.24) is 10.4 Å². The molecule has 1 aliphatic heterocycles. The van der Waals surface area contributed by atoms with E-state index in [1.165, 1.54) is 24.8 Å². The maximum atomic E-state index is 5.94. The van der Waals surface area contributed by atoms with Gasteiger partial charge >= 0.3 is 0 Å². The zero-order valence-corrected chi connectivity index (χ0v) is 12.2. The Hall–Kier alpha value is -0.900. The Balaban J connectivity index is 1.94. The maximum absolute atomic E-state index is 5.94. The summed E-state index contributed by atoms with van der Waals surface area (Å²) >= 11 is 0. The van der Waals surface area contributed by atoms with Gasteiger partial charge in [0.25, 0.3) is 0 Å². The Bertz CT molecular complexity index is 356. The number of nitrogens with zero attached hydrogens (tertiary/aromatic N) is 1. The van der Waals surface area contributed by atoms with Gasteiger partial charge in [-0.15, -0.1) is 0 Å². The average Bonchev–Trinajstić information content (AvgIpc) is 2.43. The number of hydrogen-bond acceptors (Lipinski definition) is 3. The summed E-state index contributed by atoms with van der Waals surface area (Å²) in [6.45, 7) is 5.28. The van der Waals surface area contributed by atoms with Crippen LogP contribution in [0.1, 0.15) is 38.7 Å². The molecule has 0 aliphatic carbocycles. The molecule has 106 valence electrons. The molecule has 3 atom stereocenters. The van der Waals surface area contributed by atoms with E-state index in [0.29, 0.717) is 24.7 Å². The fourth-order valence-electron chi connectivity index (χ4n) is 2.97. The van der Waals surface area contributed by atoms with Crippen LogP contribution >= 0.6 is 0 Å². The van der Waals surface area contributed by atoms with Crippen molar-refractivity contribution < 1.29 is 0 Å². The molecule has 0 amide bonds. The summed E-state index contributed by atoms with van der Waals surface area (Å²) in [5, 5.41) is 2.42. The SMILES string of the molecule is CC1CCCC(C)N1NC(CN)Cc1ccccc1. The molecule has 3 heteroatoms. The van der Waals surface area contributed by atoms with Gasteiger partial charge in [0.05, 0.1) is 0 Å². The lowest BCUT2D eigenvalue weighted by Crippen LogP contribution is -2.57. The van der Waals surface area contributed by atoms with Gasteiger partial charge in [-0.25, -0.2) is 5.01 Å². The molecule has 0 aromatic heterocycles. The highest BCUT2D eigenvalue weighted by Gasteiger charge is 2.26. The minimum atomic E-state index is 0.324. The molecule has 1 aliphatic rings. The Kier molecular flexibility index (Phi) is 5.37. The molecule has 3 nitrogen and oxygen atoms in total. The molecule has 1 saturated heterocycles. The topological polar surface area (TPSA) is 41.3 Å².